The van der Waals surface area contributed by atoms with Crippen molar-refractivity contribution in [1.82, 2.24) is 0 Å². The minimum atomic E-state index is -1.06. The average molecular weight is 251 g/mol. The van der Waals surface area contributed by atoms with Crippen LogP contribution < -0.4 is 9.64 Å². The second kappa shape index (κ2) is 6.05. The van der Waals surface area contributed by atoms with Gasteiger partial charge in [-0.1, -0.05) is 26.0 Å². The molecule has 0 fully saturated rings. The predicted octanol–water partition coefficient (Wildman–Crippen LogP) is 1.77. The lowest BCUT2D eigenvalue weighted by molar-refractivity contribution is -0.137. The molecule has 0 heterocycles. The molecule has 0 atom stereocenters. The van der Waals surface area contributed by atoms with Crippen molar-refractivity contribution in [2.75, 3.05) is 18.6 Å². The van der Waals surface area contributed by atoms with E-state index in [4.69, 9.17) is 9.84 Å². The number of carbonyl (C=O) groups excluding carboxylic acids is 1. The Morgan fingerprint density at radius 3 is 2.44 bits per heavy atom. The van der Waals surface area contributed by atoms with Crippen LogP contribution in [0.25, 0.3) is 0 Å². The number of ether oxygens (including phenoxy) is 1. The van der Waals surface area contributed by atoms with Crippen LogP contribution in [0.15, 0.2) is 24.3 Å². The summed E-state index contributed by atoms with van der Waals surface area (Å²) < 4.78 is 5.15. The van der Waals surface area contributed by atoms with Gasteiger partial charge in [-0.3, -0.25) is 14.5 Å². The molecule has 5 heteroatoms. The van der Waals surface area contributed by atoms with Crippen LogP contribution in [0.4, 0.5) is 5.69 Å². The molecule has 0 radical (unpaired) electrons. The van der Waals surface area contributed by atoms with Gasteiger partial charge in [0.1, 0.15) is 12.3 Å². The third kappa shape index (κ3) is 3.23. The first-order valence-electron chi connectivity index (χ1n) is 5.63. The molecule has 0 saturated carbocycles. The molecule has 0 saturated heterocycles. The smallest absolute Gasteiger partial charge is 0.323 e. The van der Waals surface area contributed by atoms with Gasteiger partial charge < -0.3 is 9.84 Å². The highest BCUT2D eigenvalue weighted by Crippen LogP contribution is 2.28. The number of nitrogens with zero attached hydrogens (tertiary/aromatic N) is 1. The molecule has 0 aliphatic heterocycles. The first-order chi connectivity index (χ1) is 8.47. The number of methoxy groups -OCH3 is 1. The van der Waals surface area contributed by atoms with Crippen molar-refractivity contribution in [3.63, 3.8) is 0 Å². The highest BCUT2D eigenvalue weighted by atomic mass is 16.5. The summed E-state index contributed by atoms with van der Waals surface area (Å²) in [7, 11) is 1.48. The number of carbonyl (C=O) groups is 2. The molecule has 1 N–H and O–H groups in total. The Morgan fingerprint density at radius 2 is 1.94 bits per heavy atom. The summed E-state index contributed by atoms with van der Waals surface area (Å²) in [4.78, 5) is 24.2. The van der Waals surface area contributed by atoms with Gasteiger partial charge in [-0.15, -0.1) is 0 Å². The highest BCUT2D eigenvalue weighted by molar-refractivity contribution is 5.99. The van der Waals surface area contributed by atoms with Crippen LogP contribution in [0.3, 0.4) is 0 Å². The molecule has 0 aliphatic rings. The number of hydrogen-bond acceptors (Lipinski definition) is 3. The maximum Gasteiger partial charge on any atom is 0.323 e. The first kappa shape index (κ1) is 14.0. The second-order valence-electron chi connectivity index (χ2n) is 4.14. The number of para-hydroxylation sites is 2. The molecular formula is C13H17NO4. The van der Waals surface area contributed by atoms with Gasteiger partial charge in [0.2, 0.25) is 5.91 Å². The SMILES string of the molecule is COc1ccccc1N(CC(=O)O)C(=O)C(C)C. The van der Waals surface area contributed by atoms with Gasteiger partial charge in [-0.25, -0.2) is 0 Å². The molecule has 1 amide bonds. The van der Waals surface area contributed by atoms with E-state index in [0.717, 1.165) is 0 Å². The number of carboxylic acid groups (broad SMARTS) is 1. The van der Waals surface area contributed by atoms with E-state index in [2.05, 4.69) is 0 Å². The summed E-state index contributed by atoms with van der Waals surface area (Å²) in [5, 5.41) is 8.90. The largest absolute Gasteiger partial charge is 0.495 e. The van der Waals surface area contributed by atoms with Crippen molar-refractivity contribution in [3.8, 4) is 5.75 Å². The van der Waals surface area contributed by atoms with E-state index in [1.807, 2.05) is 0 Å². The average Bonchev–Trinajstić information content (AvgIpc) is 2.34. The normalized spacial score (nSPS) is 10.2. The van der Waals surface area contributed by atoms with E-state index in [9.17, 15) is 9.59 Å². The molecule has 0 aromatic heterocycles. The Bertz CT molecular complexity index is 442. The summed E-state index contributed by atoms with van der Waals surface area (Å²) in [6.07, 6.45) is 0. The van der Waals surface area contributed by atoms with Crippen LogP contribution in [0.2, 0.25) is 0 Å². The Labute approximate surface area is 106 Å². The minimum absolute atomic E-state index is 0.248. The van der Waals surface area contributed by atoms with Gasteiger partial charge in [0, 0.05) is 5.92 Å². The summed E-state index contributed by atoms with van der Waals surface area (Å²) in [5.74, 6) is -1.11. The summed E-state index contributed by atoms with van der Waals surface area (Å²) in [6, 6.07) is 6.86. The van der Waals surface area contributed by atoms with Gasteiger partial charge >= 0.3 is 5.97 Å². The van der Waals surface area contributed by atoms with E-state index in [0.29, 0.717) is 11.4 Å². The van der Waals surface area contributed by atoms with Gasteiger partial charge in [0.25, 0.3) is 0 Å². The number of hydrogen-bond donors (Lipinski definition) is 1. The molecular weight excluding hydrogens is 234 g/mol. The van der Waals surface area contributed by atoms with Crippen molar-refractivity contribution >= 4 is 17.6 Å². The molecule has 0 aliphatic carbocycles. The Kier molecular flexibility index (Phi) is 4.71. The van der Waals surface area contributed by atoms with Crippen molar-refractivity contribution < 1.29 is 19.4 Å². The van der Waals surface area contributed by atoms with Crippen molar-refractivity contribution in [1.29, 1.82) is 0 Å². The summed E-state index contributed by atoms with van der Waals surface area (Å²) in [5.41, 5.74) is 0.473. The van der Waals surface area contributed by atoms with Gasteiger partial charge in [-0.2, -0.15) is 0 Å². The number of benzene rings is 1. The zero-order valence-electron chi connectivity index (χ0n) is 10.7. The van der Waals surface area contributed by atoms with E-state index in [1.54, 1.807) is 38.1 Å². The van der Waals surface area contributed by atoms with Crippen LogP contribution >= 0.6 is 0 Å². The Morgan fingerprint density at radius 1 is 1.33 bits per heavy atom. The lowest BCUT2D eigenvalue weighted by Gasteiger charge is -2.24. The Balaban J connectivity index is 3.16. The fourth-order valence-electron chi connectivity index (χ4n) is 1.58. The van der Waals surface area contributed by atoms with Crippen LogP contribution in [0.5, 0.6) is 5.75 Å². The third-order valence-corrected chi connectivity index (χ3v) is 2.43. The van der Waals surface area contributed by atoms with Crippen molar-refractivity contribution in [3.05, 3.63) is 24.3 Å². The van der Waals surface area contributed by atoms with Crippen molar-refractivity contribution in [2.24, 2.45) is 5.92 Å². The number of rotatable bonds is 5. The van der Waals surface area contributed by atoms with E-state index >= 15 is 0 Å². The molecule has 0 bridgehead atoms. The van der Waals surface area contributed by atoms with E-state index in [-0.39, 0.29) is 18.4 Å². The highest BCUT2D eigenvalue weighted by Gasteiger charge is 2.23. The third-order valence-electron chi connectivity index (χ3n) is 2.43. The number of amides is 1. The van der Waals surface area contributed by atoms with Crippen molar-refractivity contribution in [2.45, 2.75) is 13.8 Å². The second-order valence-corrected chi connectivity index (χ2v) is 4.14. The van der Waals surface area contributed by atoms with Gasteiger partial charge in [0.05, 0.1) is 12.8 Å². The summed E-state index contributed by atoms with van der Waals surface area (Å²) >= 11 is 0. The molecule has 1 aromatic rings. The van der Waals surface area contributed by atoms with Crippen LogP contribution in [-0.2, 0) is 9.59 Å². The lowest BCUT2D eigenvalue weighted by atomic mass is 10.1. The molecule has 18 heavy (non-hydrogen) atoms. The Hall–Kier alpha value is -2.04. The number of anilines is 1. The van der Waals surface area contributed by atoms with Gasteiger partial charge in [0.15, 0.2) is 0 Å². The zero-order chi connectivity index (χ0) is 13.7. The standard InChI is InChI=1S/C13H17NO4/c1-9(2)13(17)14(8-12(15)16)10-6-4-5-7-11(10)18-3/h4-7,9H,8H2,1-3H3,(H,15,16). The quantitative estimate of drug-likeness (QED) is 0.866. The molecule has 1 rings (SSSR count). The fourth-order valence-corrected chi connectivity index (χ4v) is 1.58. The number of carboxylic acids is 1. The minimum Gasteiger partial charge on any atom is -0.495 e. The van der Waals surface area contributed by atoms with Gasteiger partial charge in [-0.05, 0) is 12.1 Å². The van der Waals surface area contributed by atoms with Crippen LogP contribution in [-0.4, -0.2) is 30.6 Å². The lowest BCUT2D eigenvalue weighted by Crippen LogP contribution is -2.38. The summed E-state index contributed by atoms with van der Waals surface area (Å²) in [6.45, 7) is 3.08. The van der Waals surface area contributed by atoms with Crippen LogP contribution in [0.1, 0.15) is 13.8 Å². The van der Waals surface area contributed by atoms with Crippen LogP contribution in [0, 0.1) is 5.92 Å². The molecule has 5 nitrogen and oxygen atoms in total. The fraction of sp³-hybridized carbons (Fsp3) is 0.385. The zero-order valence-corrected chi connectivity index (χ0v) is 10.7. The molecule has 0 unspecified atom stereocenters. The maximum atomic E-state index is 12.1. The van der Waals surface area contributed by atoms with E-state index < -0.39 is 5.97 Å². The predicted molar refractivity (Wildman–Crippen MR) is 67.8 cm³/mol. The molecule has 0 spiro atoms. The monoisotopic (exact) mass is 251 g/mol. The van der Waals surface area contributed by atoms with E-state index in [1.165, 1.54) is 12.0 Å². The topological polar surface area (TPSA) is 66.8 Å². The number of aliphatic carboxylic acids is 1. The molecule has 98 valence electrons. The first-order valence-corrected chi connectivity index (χ1v) is 5.63. The maximum absolute atomic E-state index is 12.1. The molecule has 1 aromatic carbocycles.